The maximum Gasteiger partial charge on any atom is 0.238 e. The molecule has 1 fully saturated rings. The van der Waals surface area contributed by atoms with Crippen LogP contribution in [0, 0.1) is 5.92 Å². The summed E-state index contributed by atoms with van der Waals surface area (Å²) in [5, 5.41) is 4.94. The second-order valence-electron chi connectivity index (χ2n) is 10.4. The number of Topliss-reactive ketones (excluding diaryl/α,β-unsaturated/α-hetero) is 2. The summed E-state index contributed by atoms with van der Waals surface area (Å²) >= 11 is 1.35. The predicted octanol–water partition coefficient (Wildman–Crippen LogP) is 6.00. The van der Waals surface area contributed by atoms with Gasteiger partial charge in [0.15, 0.2) is 11.6 Å². The largest absolute Gasteiger partial charge is 0.497 e. The Kier molecular flexibility index (Phi) is 5.54. The number of anilines is 2. The number of nitrogens with zero attached hydrogens (tertiary/aromatic N) is 1. The lowest BCUT2D eigenvalue weighted by Crippen LogP contribution is -2.51. The van der Waals surface area contributed by atoms with Crippen molar-refractivity contribution >= 4 is 45.8 Å². The number of rotatable bonds is 5. The number of para-hydroxylation sites is 2. The van der Waals surface area contributed by atoms with Crippen molar-refractivity contribution in [1.29, 1.82) is 0 Å². The molecule has 1 aromatic heterocycles. The molecule has 1 N–H and O–H groups in total. The number of fused-ring (bicyclic) bond motifs is 6. The minimum Gasteiger partial charge on any atom is -0.497 e. The third-order valence-electron chi connectivity index (χ3n) is 8.55. The van der Waals surface area contributed by atoms with Crippen LogP contribution >= 0.6 is 11.3 Å². The zero-order valence-electron chi connectivity index (χ0n) is 22.0. The highest BCUT2D eigenvalue weighted by Crippen LogP contribution is 2.59. The molecule has 0 radical (unpaired) electrons. The summed E-state index contributed by atoms with van der Waals surface area (Å²) in [6, 6.07) is 24.6. The first-order chi connectivity index (χ1) is 19.5. The minimum absolute atomic E-state index is 0.168. The van der Waals surface area contributed by atoms with E-state index in [1.165, 1.54) is 11.3 Å². The highest BCUT2D eigenvalue weighted by Gasteiger charge is 2.70. The average molecular weight is 547 g/mol. The number of methoxy groups -OCH3 is 1. The highest BCUT2D eigenvalue weighted by molar-refractivity contribution is 7.12. The molecule has 1 saturated heterocycles. The van der Waals surface area contributed by atoms with Crippen LogP contribution < -0.4 is 15.0 Å². The lowest BCUT2D eigenvalue weighted by molar-refractivity contribution is -0.121. The van der Waals surface area contributed by atoms with E-state index in [-0.39, 0.29) is 17.5 Å². The third-order valence-corrected chi connectivity index (χ3v) is 9.44. The first-order valence-corrected chi connectivity index (χ1v) is 14.1. The number of carbonyl (C=O) groups excluding carboxylic acids is 3. The van der Waals surface area contributed by atoms with Gasteiger partial charge in [-0.15, -0.1) is 11.3 Å². The van der Waals surface area contributed by atoms with Crippen LogP contribution in [0.4, 0.5) is 11.4 Å². The molecule has 4 aromatic rings. The summed E-state index contributed by atoms with van der Waals surface area (Å²) in [6.07, 6.45) is 2.07. The van der Waals surface area contributed by atoms with E-state index in [1.807, 2.05) is 71.8 Å². The van der Waals surface area contributed by atoms with E-state index in [0.29, 0.717) is 21.9 Å². The number of hydrogen-bond acceptors (Lipinski definition) is 6. The van der Waals surface area contributed by atoms with E-state index in [4.69, 9.17) is 4.74 Å². The van der Waals surface area contributed by atoms with Crippen LogP contribution in [0.1, 0.15) is 38.1 Å². The van der Waals surface area contributed by atoms with Crippen molar-refractivity contribution in [2.45, 2.75) is 24.4 Å². The van der Waals surface area contributed by atoms with Gasteiger partial charge < -0.3 is 15.0 Å². The Bertz CT molecular complexity index is 1730. The van der Waals surface area contributed by atoms with E-state index in [1.54, 1.807) is 37.4 Å². The summed E-state index contributed by atoms with van der Waals surface area (Å²) in [5.74, 6) is -1.17. The normalized spacial score (nSPS) is 24.1. The Morgan fingerprint density at radius 3 is 2.55 bits per heavy atom. The molecule has 198 valence electrons. The minimum atomic E-state index is -1.33. The van der Waals surface area contributed by atoms with Crippen molar-refractivity contribution in [1.82, 2.24) is 0 Å². The Morgan fingerprint density at radius 2 is 1.75 bits per heavy atom. The second kappa shape index (κ2) is 9.03. The number of benzene rings is 3. The van der Waals surface area contributed by atoms with Crippen molar-refractivity contribution in [2.24, 2.45) is 5.92 Å². The lowest BCUT2D eigenvalue weighted by Gasteiger charge is -2.39. The predicted molar refractivity (Wildman–Crippen MR) is 156 cm³/mol. The van der Waals surface area contributed by atoms with Gasteiger partial charge in [-0.3, -0.25) is 14.4 Å². The molecule has 3 aliphatic heterocycles. The molecule has 3 aromatic carbocycles. The van der Waals surface area contributed by atoms with Crippen LogP contribution in [0.3, 0.4) is 0 Å². The molecule has 4 atom stereocenters. The number of carbonyl (C=O) groups is 3. The molecule has 4 heterocycles. The summed E-state index contributed by atoms with van der Waals surface area (Å²) in [6.45, 7) is 2.02. The van der Waals surface area contributed by atoms with Crippen LogP contribution in [0.25, 0.3) is 5.57 Å². The van der Waals surface area contributed by atoms with Crippen molar-refractivity contribution in [3.8, 4) is 5.75 Å². The fourth-order valence-corrected chi connectivity index (χ4v) is 7.61. The van der Waals surface area contributed by atoms with E-state index < -0.39 is 23.4 Å². The zero-order valence-corrected chi connectivity index (χ0v) is 22.8. The molecule has 7 rings (SSSR count). The van der Waals surface area contributed by atoms with Gasteiger partial charge in [-0.2, -0.15) is 0 Å². The molecular weight excluding hydrogens is 520 g/mol. The van der Waals surface area contributed by atoms with Crippen molar-refractivity contribution in [2.75, 3.05) is 17.3 Å². The van der Waals surface area contributed by atoms with Crippen LogP contribution in [-0.4, -0.2) is 36.7 Å². The van der Waals surface area contributed by atoms with Crippen molar-refractivity contribution < 1.29 is 19.1 Å². The molecule has 1 amide bonds. The monoisotopic (exact) mass is 546 g/mol. The molecule has 0 saturated carbocycles. The third kappa shape index (κ3) is 3.24. The summed E-state index contributed by atoms with van der Waals surface area (Å²) in [7, 11) is 1.55. The van der Waals surface area contributed by atoms with Gasteiger partial charge in [0.1, 0.15) is 17.2 Å². The highest BCUT2D eigenvalue weighted by atomic mass is 32.1. The molecule has 0 unspecified atom stereocenters. The van der Waals surface area contributed by atoms with Gasteiger partial charge in [0.25, 0.3) is 0 Å². The second-order valence-corrected chi connectivity index (χ2v) is 11.4. The molecule has 0 aliphatic carbocycles. The summed E-state index contributed by atoms with van der Waals surface area (Å²) in [4.78, 5) is 46.3. The number of hydrogen-bond donors (Lipinski definition) is 1. The van der Waals surface area contributed by atoms with E-state index >= 15 is 0 Å². The first-order valence-electron chi connectivity index (χ1n) is 13.2. The fourth-order valence-electron chi connectivity index (χ4n) is 6.91. The number of ketones is 2. The molecule has 40 heavy (non-hydrogen) atoms. The van der Waals surface area contributed by atoms with Gasteiger partial charge in [0.2, 0.25) is 5.91 Å². The smallest absolute Gasteiger partial charge is 0.238 e. The Labute approximate surface area is 235 Å². The van der Waals surface area contributed by atoms with Crippen molar-refractivity contribution in [3.63, 3.8) is 0 Å². The lowest BCUT2D eigenvalue weighted by atomic mass is 9.64. The Morgan fingerprint density at radius 1 is 0.950 bits per heavy atom. The number of nitrogens with one attached hydrogen (secondary N) is 1. The molecule has 0 bridgehead atoms. The molecule has 3 aliphatic rings. The van der Waals surface area contributed by atoms with Gasteiger partial charge in [0, 0.05) is 22.5 Å². The summed E-state index contributed by atoms with van der Waals surface area (Å²) < 4.78 is 5.43. The van der Waals surface area contributed by atoms with Crippen LogP contribution in [-0.2, 0) is 10.2 Å². The molecule has 1 spiro atoms. The topological polar surface area (TPSA) is 75.7 Å². The van der Waals surface area contributed by atoms with E-state index in [2.05, 4.69) is 11.4 Å². The fraction of sp³-hybridized carbons (Fsp3) is 0.182. The molecular formula is C33H26N2O4S. The molecule has 6 nitrogen and oxygen atoms in total. The quantitative estimate of drug-likeness (QED) is 0.311. The number of allylic oxidation sites excluding steroid dienone is 1. The number of thiophene rings is 1. The van der Waals surface area contributed by atoms with Gasteiger partial charge in [-0.25, -0.2) is 0 Å². The van der Waals surface area contributed by atoms with E-state index in [0.717, 1.165) is 22.4 Å². The zero-order chi connectivity index (χ0) is 27.6. The van der Waals surface area contributed by atoms with E-state index in [9.17, 15) is 14.4 Å². The first kappa shape index (κ1) is 24.5. The number of ether oxygens (including phenoxy) is 1. The Hall–Kier alpha value is -4.49. The van der Waals surface area contributed by atoms with Gasteiger partial charge >= 0.3 is 0 Å². The maximum absolute atomic E-state index is 14.8. The number of amides is 1. The van der Waals surface area contributed by atoms with Crippen LogP contribution in [0.2, 0.25) is 0 Å². The SMILES string of the molecule is COc1cccc(C(=O)[C@@H]2[C@H](C(=O)c3cccs3)N3c4ccccc4C(C)=C[C@@H]3[C@]23C(=O)Nc2ccccc23)c1. The van der Waals surface area contributed by atoms with Gasteiger partial charge in [-0.05, 0) is 53.8 Å². The van der Waals surface area contributed by atoms with Gasteiger partial charge in [-0.1, -0.05) is 60.7 Å². The summed E-state index contributed by atoms with van der Waals surface area (Å²) in [5.41, 5.74) is 3.32. The van der Waals surface area contributed by atoms with Gasteiger partial charge in [0.05, 0.1) is 23.9 Å². The van der Waals surface area contributed by atoms with Crippen molar-refractivity contribution in [3.05, 3.63) is 118 Å². The van der Waals surface area contributed by atoms with Crippen LogP contribution in [0.5, 0.6) is 5.75 Å². The maximum atomic E-state index is 14.8. The van der Waals surface area contributed by atoms with Crippen LogP contribution in [0.15, 0.2) is 96.4 Å². The standard InChI is InChI=1S/C33H26N2O4S/c1-19-17-27-33(23-12-4-5-13-24(23)34-32(33)38)28(30(36)20-9-7-10-21(18-20)39-2)29(31(37)26-15-8-16-40-26)35(27)25-14-6-3-11-22(19)25/h3-18,27-29H,1-2H3,(H,34,38)/t27-,28+,29-,33+/m1/s1. The average Bonchev–Trinajstić information content (AvgIpc) is 3.70. The Balaban J connectivity index is 1.56. The molecule has 7 heteroatoms.